The second-order valence-corrected chi connectivity index (χ2v) is 6.93. The van der Waals surface area contributed by atoms with E-state index in [1.54, 1.807) is 11.3 Å². The fourth-order valence-electron chi connectivity index (χ4n) is 2.31. The quantitative estimate of drug-likeness (QED) is 0.836. The fourth-order valence-corrected chi connectivity index (χ4v) is 3.35. The molecule has 1 saturated carbocycles. The van der Waals surface area contributed by atoms with Gasteiger partial charge in [-0.1, -0.05) is 12.1 Å². The van der Waals surface area contributed by atoms with Crippen molar-refractivity contribution in [1.29, 1.82) is 0 Å². The van der Waals surface area contributed by atoms with Crippen LogP contribution in [-0.2, 0) is 11.3 Å². The van der Waals surface area contributed by atoms with Gasteiger partial charge in [-0.15, -0.1) is 0 Å². The van der Waals surface area contributed by atoms with Crippen LogP contribution in [-0.4, -0.2) is 23.4 Å². The van der Waals surface area contributed by atoms with Crippen molar-refractivity contribution in [2.45, 2.75) is 25.4 Å². The third kappa shape index (κ3) is 4.15. The zero-order valence-electron chi connectivity index (χ0n) is 11.6. The Hall–Kier alpha value is -1.17. The van der Waals surface area contributed by atoms with E-state index in [-0.39, 0.29) is 5.91 Å². The van der Waals surface area contributed by atoms with Gasteiger partial charge in [0.05, 0.1) is 12.2 Å². The highest BCUT2D eigenvalue weighted by Crippen LogP contribution is 2.29. The molecule has 1 aromatic carbocycles. The Morgan fingerprint density at radius 2 is 2.14 bits per heavy atom. The molecule has 0 saturated heterocycles. The van der Waals surface area contributed by atoms with Gasteiger partial charge in [0.1, 0.15) is 0 Å². The van der Waals surface area contributed by atoms with Crippen LogP contribution in [0, 0.1) is 0 Å². The largest absolute Gasteiger partial charge is 0.324 e. The maximum absolute atomic E-state index is 12.3. The number of hydrogen-bond acceptors (Lipinski definition) is 3. The highest BCUT2D eigenvalue weighted by Gasteiger charge is 2.30. The average Bonchev–Trinajstić information content (AvgIpc) is 3.19. The summed E-state index contributed by atoms with van der Waals surface area (Å²) in [6.07, 6.45) is 2.40. The summed E-state index contributed by atoms with van der Waals surface area (Å²) in [5.41, 5.74) is 2.12. The maximum Gasteiger partial charge on any atom is 0.238 e. The van der Waals surface area contributed by atoms with E-state index in [2.05, 4.69) is 43.0 Å². The number of nitrogens with one attached hydrogen (secondary N) is 1. The molecule has 21 heavy (non-hydrogen) atoms. The van der Waals surface area contributed by atoms with Gasteiger partial charge in [0.15, 0.2) is 0 Å². The molecule has 2 aromatic rings. The summed E-state index contributed by atoms with van der Waals surface area (Å²) in [5, 5.41) is 7.22. The summed E-state index contributed by atoms with van der Waals surface area (Å²) in [7, 11) is 0. The van der Waals surface area contributed by atoms with Crippen LogP contribution in [0.2, 0.25) is 0 Å². The molecule has 1 aliphatic rings. The second kappa shape index (κ2) is 6.73. The minimum Gasteiger partial charge on any atom is -0.324 e. The van der Waals surface area contributed by atoms with Crippen molar-refractivity contribution in [3.63, 3.8) is 0 Å². The van der Waals surface area contributed by atoms with E-state index >= 15 is 0 Å². The highest BCUT2D eigenvalue weighted by atomic mass is 79.9. The topological polar surface area (TPSA) is 32.3 Å². The molecule has 1 N–H and O–H groups in total. The predicted molar refractivity (Wildman–Crippen MR) is 90.5 cm³/mol. The summed E-state index contributed by atoms with van der Waals surface area (Å²) in [5.74, 6) is 0.0454. The zero-order valence-corrected chi connectivity index (χ0v) is 14.0. The standard InChI is InChI=1S/C16H17BrN2OS/c17-14-3-1-2-4-15(14)18-16(20)10-19(13-5-6-13)9-12-7-8-21-11-12/h1-4,7-8,11,13H,5-6,9-10H2,(H,18,20). The zero-order chi connectivity index (χ0) is 14.7. The first-order valence-electron chi connectivity index (χ1n) is 7.02. The van der Waals surface area contributed by atoms with Crippen molar-refractivity contribution >= 4 is 38.9 Å². The van der Waals surface area contributed by atoms with Crippen molar-refractivity contribution in [2.75, 3.05) is 11.9 Å². The lowest BCUT2D eigenvalue weighted by atomic mass is 10.3. The van der Waals surface area contributed by atoms with Crippen LogP contribution >= 0.6 is 27.3 Å². The molecule has 0 unspecified atom stereocenters. The summed E-state index contributed by atoms with van der Waals surface area (Å²) in [4.78, 5) is 14.5. The normalized spacial score (nSPS) is 14.4. The van der Waals surface area contributed by atoms with Crippen LogP contribution in [0.3, 0.4) is 0 Å². The highest BCUT2D eigenvalue weighted by molar-refractivity contribution is 9.10. The molecule has 0 aliphatic heterocycles. The van der Waals surface area contributed by atoms with Crippen LogP contribution < -0.4 is 5.32 Å². The Bertz CT molecular complexity index is 610. The molecule has 1 heterocycles. The predicted octanol–water partition coefficient (Wildman–Crippen LogP) is 4.11. The Morgan fingerprint density at radius 3 is 2.81 bits per heavy atom. The number of nitrogens with zero attached hydrogens (tertiary/aromatic N) is 1. The molecule has 3 nitrogen and oxygen atoms in total. The van der Waals surface area contributed by atoms with Gasteiger partial charge >= 0.3 is 0 Å². The van der Waals surface area contributed by atoms with E-state index in [9.17, 15) is 4.79 Å². The lowest BCUT2D eigenvalue weighted by molar-refractivity contribution is -0.117. The van der Waals surface area contributed by atoms with Crippen LogP contribution in [0.5, 0.6) is 0 Å². The number of thiophene rings is 1. The summed E-state index contributed by atoms with van der Waals surface area (Å²) in [6, 6.07) is 10.4. The Labute approximate surface area is 137 Å². The number of para-hydroxylation sites is 1. The van der Waals surface area contributed by atoms with Gasteiger partial charge in [-0.3, -0.25) is 9.69 Å². The number of rotatable bonds is 6. The lowest BCUT2D eigenvalue weighted by Crippen LogP contribution is -2.34. The first-order chi connectivity index (χ1) is 10.2. The van der Waals surface area contributed by atoms with Gasteiger partial charge in [0, 0.05) is 17.1 Å². The summed E-state index contributed by atoms with van der Waals surface area (Å²) in [6.45, 7) is 1.30. The van der Waals surface area contributed by atoms with Crippen molar-refractivity contribution in [3.05, 3.63) is 51.1 Å². The molecule has 1 fully saturated rings. The molecule has 3 rings (SSSR count). The Balaban J connectivity index is 1.60. The minimum absolute atomic E-state index is 0.0454. The van der Waals surface area contributed by atoms with Gasteiger partial charge in [-0.05, 0) is 63.3 Å². The number of benzene rings is 1. The smallest absolute Gasteiger partial charge is 0.238 e. The lowest BCUT2D eigenvalue weighted by Gasteiger charge is -2.21. The average molecular weight is 365 g/mol. The van der Waals surface area contributed by atoms with E-state index in [1.807, 2.05) is 24.3 Å². The molecular weight excluding hydrogens is 348 g/mol. The number of halogens is 1. The van der Waals surface area contributed by atoms with Gasteiger partial charge in [-0.2, -0.15) is 11.3 Å². The van der Waals surface area contributed by atoms with Crippen LogP contribution in [0.15, 0.2) is 45.6 Å². The molecule has 5 heteroatoms. The Morgan fingerprint density at radius 1 is 1.33 bits per heavy atom. The molecule has 1 aromatic heterocycles. The van der Waals surface area contributed by atoms with Crippen LogP contribution in [0.4, 0.5) is 5.69 Å². The summed E-state index contributed by atoms with van der Waals surface area (Å²) >= 11 is 5.16. The van der Waals surface area contributed by atoms with E-state index < -0.39 is 0 Å². The molecule has 1 aliphatic carbocycles. The molecule has 0 radical (unpaired) electrons. The monoisotopic (exact) mass is 364 g/mol. The molecule has 110 valence electrons. The maximum atomic E-state index is 12.3. The van der Waals surface area contributed by atoms with Crippen molar-refractivity contribution in [2.24, 2.45) is 0 Å². The molecule has 0 bridgehead atoms. The van der Waals surface area contributed by atoms with E-state index in [1.165, 1.54) is 18.4 Å². The van der Waals surface area contributed by atoms with Crippen LogP contribution in [0.1, 0.15) is 18.4 Å². The molecule has 1 amide bonds. The SMILES string of the molecule is O=C(CN(Cc1ccsc1)C1CC1)Nc1ccccc1Br. The Kier molecular flexibility index (Phi) is 4.73. The van der Waals surface area contributed by atoms with Crippen molar-refractivity contribution < 1.29 is 4.79 Å². The van der Waals surface area contributed by atoms with Gasteiger partial charge in [0.25, 0.3) is 0 Å². The number of anilines is 1. The number of carbonyl (C=O) groups excluding carboxylic acids is 1. The first-order valence-corrected chi connectivity index (χ1v) is 8.75. The second-order valence-electron chi connectivity index (χ2n) is 5.30. The molecule has 0 spiro atoms. The third-order valence-corrected chi connectivity index (χ3v) is 4.95. The fraction of sp³-hybridized carbons (Fsp3) is 0.312. The number of hydrogen-bond donors (Lipinski definition) is 1. The van der Waals surface area contributed by atoms with Crippen molar-refractivity contribution in [3.8, 4) is 0 Å². The van der Waals surface area contributed by atoms with Gasteiger partial charge in [0.2, 0.25) is 5.91 Å². The van der Waals surface area contributed by atoms with E-state index in [4.69, 9.17) is 0 Å². The summed E-state index contributed by atoms with van der Waals surface area (Å²) < 4.78 is 0.911. The number of carbonyl (C=O) groups is 1. The van der Waals surface area contributed by atoms with Gasteiger partial charge in [-0.25, -0.2) is 0 Å². The number of amides is 1. The third-order valence-electron chi connectivity index (χ3n) is 3.52. The molecular formula is C16H17BrN2OS. The van der Waals surface area contributed by atoms with Crippen LogP contribution in [0.25, 0.3) is 0 Å². The van der Waals surface area contributed by atoms with E-state index in [0.717, 1.165) is 16.7 Å². The molecule has 0 atom stereocenters. The first kappa shape index (κ1) is 14.8. The minimum atomic E-state index is 0.0454. The van der Waals surface area contributed by atoms with E-state index in [0.29, 0.717) is 12.6 Å². The van der Waals surface area contributed by atoms with Gasteiger partial charge < -0.3 is 5.32 Å². The van der Waals surface area contributed by atoms with Crippen molar-refractivity contribution in [1.82, 2.24) is 4.90 Å².